The highest BCUT2D eigenvalue weighted by atomic mass is 16.6. The fourth-order valence-corrected chi connectivity index (χ4v) is 9.79. The highest BCUT2D eigenvalue weighted by molar-refractivity contribution is 5.71. The second-order valence-electron chi connectivity index (χ2n) is 22.4. The molecule has 0 aliphatic rings. The van der Waals surface area contributed by atoms with E-state index in [1.807, 2.05) is 0 Å². The Morgan fingerprint density at radius 2 is 0.513 bits per heavy atom. The smallest absolute Gasteiger partial charge is 0.306 e. The van der Waals surface area contributed by atoms with Gasteiger partial charge in [-0.2, -0.15) is 0 Å². The molecule has 0 saturated heterocycles. The first-order valence-electron chi connectivity index (χ1n) is 33.3. The van der Waals surface area contributed by atoms with Gasteiger partial charge in [0.1, 0.15) is 13.2 Å². The lowest BCUT2D eigenvalue weighted by atomic mass is 10.0. The number of ether oxygens (including phenoxy) is 3. The molecule has 1 unspecified atom stereocenters. The van der Waals surface area contributed by atoms with Crippen LogP contribution in [0, 0.1) is 0 Å². The predicted octanol–water partition coefficient (Wildman–Crippen LogP) is 22.7. The second kappa shape index (κ2) is 64.6. The van der Waals surface area contributed by atoms with Crippen molar-refractivity contribution in [2.45, 2.75) is 354 Å². The van der Waals surface area contributed by atoms with E-state index in [1.54, 1.807) is 0 Å². The molecule has 0 heterocycles. The number of hydrogen-bond acceptors (Lipinski definition) is 6. The Kier molecular flexibility index (Phi) is 62.2. The van der Waals surface area contributed by atoms with Gasteiger partial charge < -0.3 is 14.2 Å². The van der Waals surface area contributed by atoms with Crippen molar-refractivity contribution in [1.29, 1.82) is 0 Å². The Balaban J connectivity index is 4.13. The number of hydrogen-bond donors (Lipinski definition) is 0. The monoisotopic (exact) mass is 1060 g/mol. The van der Waals surface area contributed by atoms with Crippen molar-refractivity contribution in [2.24, 2.45) is 0 Å². The zero-order valence-electron chi connectivity index (χ0n) is 50.8. The molecule has 0 rings (SSSR count). The lowest BCUT2D eigenvalue weighted by Gasteiger charge is -2.18. The minimum atomic E-state index is -0.774. The van der Waals surface area contributed by atoms with E-state index in [0.717, 1.165) is 89.9 Å². The summed E-state index contributed by atoms with van der Waals surface area (Å²) in [7, 11) is 0. The van der Waals surface area contributed by atoms with E-state index in [1.165, 1.54) is 218 Å². The molecule has 76 heavy (non-hydrogen) atoms. The van der Waals surface area contributed by atoms with Crippen LogP contribution in [0.1, 0.15) is 348 Å². The second-order valence-corrected chi connectivity index (χ2v) is 22.4. The number of unbranched alkanes of at least 4 members (excludes halogenated alkanes) is 40. The van der Waals surface area contributed by atoms with Crippen LogP contribution in [0.2, 0.25) is 0 Å². The summed E-state index contributed by atoms with van der Waals surface area (Å²) in [5, 5.41) is 0. The SMILES string of the molecule is CC/C=C\C/C=C\C/C=C\C/C=C\CCCCCCCCCCCCCCCCCCCCC(=O)OCC(COC(=O)CCCCCCCCCCCCCC)OC(=O)CCCCCCC/C=C\CCCCCCCC. The van der Waals surface area contributed by atoms with Gasteiger partial charge in [-0.15, -0.1) is 0 Å². The number of rotatable bonds is 61. The third kappa shape index (κ3) is 62.0. The maximum Gasteiger partial charge on any atom is 0.306 e. The first kappa shape index (κ1) is 73.1. The zero-order chi connectivity index (χ0) is 55.0. The minimum absolute atomic E-state index is 0.0716. The molecule has 0 aliphatic carbocycles. The van der Waals surface area contributed by atoms with Crippen LogP contribution in [-0.2, 0) is 28.6 Å². The van der Waals surface area contributed by atoms with Crippen LogP contribution < -0.4 is 0 Å². The summed E-state index contributed by atoms with van der Waals surface area (Å²) in [4.78, 5) is 38.3. The predicted molar refractivity (Wildman–Crippen MR) is 330 cm³/mol. The van der Waals surface area contributed by atoms with Crippen LogP contribution in [0.25, 0.3) is 0 Å². The molecular weight excluding hydrogens is 937 g/mol. The summed E-state index contributed by atoms with van der Waals surface area (Å²) in [6, 6.07) is 0. The van der Waals surface area contributed by atoms with Gasteiger partial charge in [-0.1, -0.05) is 306 Å². The minimum Gasteiger partial charge on any atom is -0.462 e. The molecule has 1 atom stereocenters. The number of carbonyl (C=O) groups excluding carboxylic acids is 3. The van der Waals surface area contributed by atoms with Crippen LogP contribution in [0.15, 0.2) is 60.8 Å². The first-order chi connectivity index (χ1) is 37.5. The van der Waals surface area contributed by atoms with Gasteiger partial charge in [-0.3, -0.25) is 14.4 Å². The lowest BCUT2D eigenvalue weighted by molar-refractivity contribution is -0.167. The maximum absolute atomic E-state index is 12.9. The van der Waals surface area contributed by atoms with Gasteiger partial charge in [0, 0.05) is 19.3 Å². The molecule has 442 valence electrons. The van der Waals surface area contributed by atoms with Crippen molar-refractivity contribution in [3.8, 4) is 0 Å². The fourth-order valence-electron chi connectivity index (χ4n) is 9.79. The van der Waals surface area contributed by atoms with Gasteiger partial charge in [0.25, 0.3) is 0 Å². The van der Waals surface area contributed by atoms with E-state index in [0.29, 0.717) is 19.3 Å². The van der Waals surface area contributed by atoms with Gasteiger partial charge in [-0.25, -0.2) is 0 Å². The summed E-state index contributed by atoms with van der Waals surface area (Å²) >= 11 is 0. The van der Waals surface area contributed by atoms with E-state index in [9.17, 15) is 14.4 Å². The van der Waals surface area contributed by atoms with E-state index in [4.69, 9.17) is 14.2 Å². The van der Waals surface area contributed by atoms with Crippen molar-refractivity contribution in [3.05, 3.63) is 60.8 Å². The van der Waals surface area contributed by atoms with Crippen molar-refractivity contribution in [2.75, 3.05) is 13.2 Å². The molecular formula is C70H126O6. The molecule has 0 N–H and O–H groups in total. The Morgan fingerprint density at radius 3 is 0.816 bits per heavy atom. The number of esters is 3. The summed E-state index contributed by atoms with van der Waals surface area (Å²) in [6.07, 6.45) is 82.5. The largest absolute Gasteiger partial charge is 0.462 e. The molecule has 0 radical (unpaired) electrons. The van der Waals surface area contributed by atoms with E-state index < -0.39 is 6.10 Å². The molecule has 0 spiro atoms. The molecule has 0 bridgehead atoms. The normalized spacial score (nSPS) is 12.4. The third-order valence-electron chi connectivity index (χ3n) is 14.8. The average molecular weight is 1060 g/mol. The quantitative estimate of drug-likeness (QED) is 0.0261. The highest BCUT2D eigenvalue weighted by Gasteiger charge is 2.19. The van der Waals surface area contributed by atoms with Gasteiger partial charge in [0.05, 0.1) is 0 Å². The molecule has 0 saturated carbocycles. The molecule has 0 fully saturated rings. The van der Waals surface area contributed by atoms with E-state index >= 15 is 0 Å². The number of allylic oxidation sites excluding steroid dienone is 10. The molecule has 6 nitrogen and oxygen atoms in total. The van der Waals surface area contributed by atoms with Gasteiger partial charge in [0.2, 0.25) is 0 Å². The summed E-state index contributed by atoms with van der Waals surface area (Å²) in [5.74, 6) is -0.860. The van der Waals surface area contributed by atoms with Crippen molar-refractivity contribution in [3.63, 3.8) is 0 Å². The first-order valence-corrected chi connectivity index (χ1v) is 33.3. The van der Waals surface area contributed by atoms with Crippen LogP contribution in [-0.4, -0.2) is 37.2 Å². The average Bonchev–Trinajstić information content (AvgIpc) is 3.42. The van der Waals surface area contributed by atoms with E-state index in [2.05, 4.69) is 81.5 Å². The van der Waals surface area contributed by atoms with Crippen LogP contribution in [0.5, 0.6) is 0 Å². The summed E-state index contributed by atoms with van der Waals surface area (Å²) < 4.78 is 16.9. The maximum atomic E-state index is 12.9. The Morgan fingerprint density at radius 1 is 0.276 bits per heavy atom. The van der Waals surface area contributed by atoms with Gasteiger partial charge in [-0.05, 0) is 83.5 Å². The van der Waals surface area contributed by atoms with Gasteiger partial charge >= 0.3 is 17.9 Å². The molecule has 0 aromatic heterocycles. The fraction of sp³-hybridized carbons (Fsp3) is 0.814. The zero-order valence-corrected chi connectivity index (χ0v) is 50.8. The lowest BCUT2D eigenvalue weighted by Crippen LogP contribution is -2.30. The molecule has 0 aliphatic heterocycles. The Hall–Kier alpha value is -2.89. The number of carbonyl (C=O) groups is 3. The van der Waals surface area contributed by atoms with Crippen LogP contribution in [0.3, 0.4) is 0 Å². The van der Waals surface area contributed by atoms with Crippen molar-refractivity contribution >= 4 is 17.9 Å². The highest BCUT2D eigenvalue weighted by Crippen LogP contribution is 2.17. The van der Waals surface area contributed by atoms with E-state index in [-0.39, 0.29) is 31.1 Å². The molecule has 0 amide bonds. The van der Waals surface area contributed by atoms with Crippen LogP contribution >= 0.6 is 0 Å². The molecule has 0 aromatic carbocycles. The summed E-state index contributed by atoms with van der Waals surface area (Å²) in [6.45, 7) is 6.56. The standard InChI is InChI=1S/C70H126O6/c1-4-7-10-13-16-19-22-25-27-28-29-30-31-32-33-34-35-36-37-38-39-40-41-42-44-45-48-51-54-57-60-63-69(72)75-66-67(65-74-68(71)62-59-56-53-50-47-24-21-18-15-12-9-6-3)76-70(73)64-61-58-55-52-49-46-43-26-23-20-17-14-11-8-5-2/h7,10,16,19,25-27,29-30,43,67H,4-6,8-9,11-15,17-18,20-24,28,31-42,44-66H2,1-3H3/b10-7-,19-16-,27-25-,30-29-,43-26-. The third-order valence-corrected chi connectivity index (χ3v) is 14.8. The van der Waals surface area contributed by atoms with Crippen LogP contribution in [0.4, 0.5) is 0 Å². The topological polar surface area (TPSA) is 78.9 Å². The molecule has 6 heteroatoms. The van der Waals surface area contributed by atoms with Gasteiger partial charge in [0.15, 0.2) is 6.10 Å². The Bertz CT molecular complexity index is 1360. The summed E-state index contributed by atoms with van der Waals surface area (Å²) in [5.41, 5.74) is 0. The van der Waals surface area contributed by atoms with Crippen molar-refractivity contribution in [1.82, 2.24) is 0 Å². The Labute approximate surface area is 472 Å². The molecule has 0 aromatic rings. The van der Waals surface area contributed by atoms with Crippen molar-refractivity contribution < 1.29 is 28.6 Å².